The van der Waals surface area contributed by atoms with Gasteiger partial charge in [0.2, 0.25) is 0 Å². The summed E-state index contributed by atoms with van der Waals surface area (Å²) >= 11 is 0. The minimum Gasteiger partial charge on any atom is -0.335 e. The number of aliphatic hydroxyl groups is 2. The second-order valence-electron chi connectivity index (χ2n) is 3.68. The van der Waals surface area contributed by atoms with E-state index in [1.54, 1.807) is 6.92 Å². The largest absolute Gasteiger partial charge is 0.393 e. The van der Waals surface area contributed by atoms with Crippen molar-refractivity contribution >= 4 is 0 Å². The number of unbranched alkanes of at least 4 members (excludes halogenated alkanes) is 3. The van der Waals surface area contributed by atoms with Gasteiger partial charge in [-0.2, -0.15) is 22.0 Å². The molecule has 0 saturated heterocycles. The van der Waals surface area contributed by atoms with Crippen LogP contribution in [0.5, 0.6) is 0 Å². The molecule has 2 N–H and O–H groups in total. The summed E-state index contributed by atoms with van der Waals surface area (Å²) in [6, 6.07) is -5.21. The molecule has 0 fully saturated rings. The summed E-state index contributed by atoms with van der Waals surface area (Å²) < 4.78 is 62.9. The second kappa shape index (κ2) is 5.27. The van der Waals surface area contributed by atoms with Crippen LogP contribution in [-0.2, 0) is 0 Å². The highest BCUT2D eigenvalue weighted by atomic mass is 19.3. The van der Waals surface area contributed by atoms with Gasteiger partial charge in [0.05, 0.1) is 0 Å². The molecule has 0 atom stereocenters. The van der Waals surface area contributed by atoms with E-state index in [1.165, 1.54) is 0 Å². The summed E-state index contributed by atoms with van der Waals surface area (Å²) in [5, 5.41) is 15.9. The molecular weight excluding hydrogens is 235 g/mol. The molecule has 0 bridgehead atoms. The fraction of sp³-hybridized carbons (Fsp3) is 1.00. The lowest BCUT2D eigenvalue weighted by Gasteiger charge is -2.30. The Hall–Kier alpha value is -0.430. The summed E-state index contributed by atoms with van der Waals surface area (Å²) in [6.07, 6.45) is 0.118. The lowest BCUT2D eigenvalue weighted by Crippen LogP contribution is -2.56. The molecule has 0 aromatic heterocycles. The molecule has 0 heterocycles. The molecule has 0 aliphatic rings. The summed E-state index contributed by atoms with van der Waals surface area (Å²) in [6.45, 7) is 1.81. The van der Waals surface area contributed by atoms with Crippen LogP contribution >= 0.6 is 0 Å². The van der Waals surface area contributed by atoms with Crippen LogP contribution in [0, 0.1) is 0 Å². The van der Waals surface area contributed by atoms with E-state index < -0.39 is 24.3 Å². The summed E-state index contributed by atoms with van der Waals surface area (Å²) in [7, 11) is 0. The summed E-state index contributed by atoms with van der Waals surface area (Å²) in [5.74, 6) is -10.3. The molecule has 0 unspecified atom stereocenters. The van der Waals surface area contributed by atoms with E-state index >= 15 is 0 Å². The molecule has 0 radical (unpaired) electrons. The standard InChI is InChI=1S/C9H15F5O2/c1-2-3-4-5-6-7(10,11)8(12,13)9(14,15)16/h15-16H,2-6H2,1H3. The first-order valence-corrected chi connectivity index (χ1v) is 4.95. The van der Waals surface area contributed by atoms with Crippen molar-refractivity contribution in [1.82, 2.24) is 0 Å². The third kappa shape index (κ3) is 3.55. The second-order valence-corrected chi connectivity index (χ2v) is 3.68. The third-order valence-electron chi connectivity index (χ3n) is 2.20. The number of hydrogen-bond donors (Lipinski definition) is 2. The van der Waals surface area contributed by atoms with Gasteiger partial charge in [-0.05, 0) is 6.42 Å². The maximum absolute atomic E-state index is 12.8. The minimum atomic E-state index is -5.51. The first-order valence-electron chi connectivity index (χ1n) is 4.95. The van der Waals surface area contributed by atoms with E-state index in [2.05, 4.69) is 0 Å². The van der Waals surface area contributed by atoms with Crippen LogP contribution < -0.4 is 0 Å². The van der Waals surface area contributed by atoms with Crippen LogP contribution in [0.15, 0.2) is 0 Å². The molecule has 98 valence electrons. The van der Waals surface area contributed by atoms with Crippen molar-refractivity contribution in [1.29, 1.82) is 0 Å². The van der Waals surface area contributed by atoms with Crippen LogP contribution in [0.3, 0.4) is 0 Å². The number of rotatable bonds is 7. The Bertz CT molecular complexity index is 212. The van der Waals surface area contributed by atoms with Gasteiger partial charge >= 0.3 is 17.9 Å². The van der Waals surface area contributed by atoms with E-state index in [-0.39, 0.29) is 6.42 Å². The van der Waals surface area contributed by atoms with Gasteiger partial charge < -0.3 is 10.2 Å². The van der Waals surface area contributed by atoms with Gasteiger partial charge in [-0.25, -0.2) is 0 Å². The zero-order valence-corrected chi connectivity index (χ0v) is 8.82. The summed E-state index contributed by atoms with van der Waals surface area (Å²) in [5.41, 5.74) is 0. The van der Waals surface area contributed by atoms with E-state index in [0.29, 0.717) is 12.8 Å². The molecule has 0 spiro atoms. The molecule has 0 saturated carbocycles. The van der Waals surface area contributed by atoms with Crippen LogP contribution in [0.1, 0.15) is 39.0 Å². The molecule has 0 amide bonds. The van der Waals surface area contributed by atoms with Gasteiger partial charge in [0, 0.05) is 6.42 Å². The Morgan fingerprint density at radius 2 is 1.38 bits per heavy atom. The third-order valence-corrected chi connectivity index (χ3v) is 2.20. The molecule has 0 aliphatic heterocycles. The normalized spacial score (nSPS) is 14.2. The predicted octanol–water partition coefficient (Wildman–Crippen LogP) is 2.84. The van der Waals surface area contributed by atoms with E-state index in [9.17, 15) is 22.0 Å². The van der Waals surface area contributed by atoms with Crippen LogP contribution in [-0.4, -0.2) is 28.1 Å². The first kappa shape index (κ1) is 15.6. The van der Waals surface area contributed by atoms with Crippen molar-refractivity contribution in [3.63, 3.8) is 0 Å². The van der Waals surface area contributed by atoms with Gasteiger partial charge in [0.25, 0.3) is 0 Å². The molecule has 0 rings (SSSR count). The zero-order chi connectivity index (χ0) is 13.0. The fourth-order valence-electron chi connectivity index (χ4n) is 1.16. The van der Waals surface area contributed by atoms with E-state index in [1.807, 2.05) is 0 Å². The molecule has 0 aromatic rings. The first-order chi connectivity index (χ1) is 7.06. The van der Waals surface area contributed by atoms with Gasteiger partial charge in [0.15, 0.2) is 0 Å². The Labute approximate surface area is 90.1 Å². The molecule has 0 aliphatic carbocycles. The average Bonchev–Trinajstić information content (AvgIpc) is 2.10. The molecule has 0 aromatic carbocycles. The Morgan fingerprint density at radius 3 is 1.75 bits per heavy atom. The predicted molar refractivity (Wildman–Crippen MR) is 46.9 cm³/mol. The van der Waals surface area contributed by atoms with Gasteiger partial charge in [-0.1, -0.05) is 26.2 Å². The molecular formula is C9H15F5O2. The van der Waals surface area contributed by atoms with Crippen LogP contribution in [0.4, 0.5) is 22.0 Å². The quantitative estimate of drug-likeness (QED) is 0.414. The zero-order valence-electron chi connectivity index (χ0n) is 8.82. The van der Waals surface area contributed by atoms with Crippen molar-refractivity contribution in [3.05, 3.63) is 0 Å². The van der Waals surface area contributed by atoms with Gasteiger partial charge in [-0.15, -0.1) is 0 Å². The number of alkyl halides is 5. The maximum atomic E-state index is 12.8. The van der Waals surface area contributed by atoms with Gasteiger partial charge in [0.1, 0.15) is 0 Å². The number of hydrogen-bond acceptors (Lipinski definition) is 2. The van der Waals surface area contributed by atoms with E-state index in [0.717, 1.165) is 6.42 Å². The minimum absolute atomic E-state index is 0.230. The van der Waals surface area contributed by atoms with Gasteiger partial charge in [-0.3, -0.25) is 0 Å². The smallest absolute Gasteiger partial charge is 0.335 e. The highest BCUT2D eigenvalue weighted by Gasteiger charge is 2.69. The Morgan fingerprint density at radius 1 is 0.875 bits per heavy atom. The van der Waals surface area contributed by atoms with E-state index in [4.69, 9.17) is 10.2 Å². The SMILES string of the molecule is CCCCCCC(F)(F)C(F)(F)C(O)(O)F. The monoisotopic (exact) mass is 250 g/mol. The fourth-order valence-corrected chi connectivity index (χ4v) is 1.16. The molecule has 7 heteroatoms. The van der Waals surface area contributed by atoms with Crippen molar-refractivity contribution in [3.8, 4) is 0 Å². The number of halogens is 5. The topological polar surface area (TPSA) is 40.5 Å². The summed E-state index contributed by atoms with van der Waals surface area (Å²) in [4.78, 5) is 0. The Balaban J connectivity index is 4.41. The maximum Gasteiger partial charge on any atom is 0.393 e. The van der Waals surface area contributed by atoms with Crippen molar-refractivity contribution in [2.24, 2.45) is 0 Å². The average molecular weight is 250 g/mol. The lowest BCUT2D eigenvalue weighted by atomic mass is 10.0. The highest BCUT2D eigenvalue weighted by molar-refractivity contribution is 4.90. The highest BCUT2D eigenvalue weighted by Crippen LogP contribution is 2.44. The van der Waals surface area contributed by atoms with Crippen molar-refractivity contribution < 1.29 is 32.2 Å². The lowest BCUT2D eigenvalue weighted by molar-refractivity contribution is -0.414. The molecule has 16 heavy (non-hydrogen) atoms. The van der Waals surface area contributed by atoms with Crippen molar-refractivity contribution in [2.45, 2.75) is 56.9 Å². The van der Waals surface area contributed by atoms with Crippen LogP contribution in [0.25, 0.3) is 0 Å². The molecule has 2 nitrogen and oxygen atoms in total. The van der Waals surface area contributed by atoms with Crippen molar-refractivity contribution in [2.75, 3.05) is 0 Å². The Kier molecular flexibility index (Phi) is 5.13. The van der Waals surface area contributed by atoms with Crippen LogP contribution in [0.2, 0.25) is 0 Å².